The average molecular weight is 171 g/mol. The molecule has 2 aromatic rings. The van der Waals surface area contributed by atoms with Crippen molar-refractivity contribution in [2.75, 3.05) is 0 Å². The highest BCUT2D eigenvalue weighted by Gasteiger charge is 2.03. The summed E-state index contributed by atoms with van der Waals surface area (Å²) in [4.78, 5) is 13.6. The van der Waals surface area contributed by atoms with Crippen molar-refractivity contribution < 1.29 is 4.79 Å². The second kappa shape index (κ2) is 3.27. The molecule has 1 aromatic heterocycles. The van der Waals surface area contributed by atoms with E-state index in [0.29, 0.717) is 5.56 Å². The first-order valence-electron chi connectivity index (χ1n) is 4.09. The lowest BCUT2D eigenvalue weighted by Gasteiger charge is -1.97. The van der Waals surface area contributed by atoms with E-state index in [2.05, 4.69) is 4.98 Å². The van der Waals surface area contributed by atoms with Crippen LogP contribution in [0.5, 0.6) is 0 Å². The summed E-state index contributed by atoms with van der Waals surface area (Å²) in [5.41, 5.74) is 2.72. The van der Waals surface area contributed by atoms with Crippen LogP contribution in [-0.2, 0) is 0 Å². The van der Waals surface area contributed by atoms with Crippen molar-refractivity contribution in [3.05, 3.63) is 48.3 Å². The molecule has 64 valence electrons. The second-order valence-corrected chi connectivity index (χ2v) is 2.81. The summed E-state index contributed by atoms with van der Waals surface area (Å²) in [6.45, 7) is 0. The molecule has 1 N–H and O–H groups in total. The highest BCUT2D eigenvalue weighted by Crippen LogP contribution is 2.21. The van der Waals surface area contributed by atoms with Gasteiger partial charge in [-0.25, -0.2) is 0 Å². The number of hydrogen-bond acceptors (Lipinski definition) is 1. The molecule has 0 saturated heterocycles. The predicted octanol–water partition coefficient (Wildman–Crippen LogP) is 2.49. The van der Waals surface area contributed by atoms with Crippen molar-refractivity contribution in [2.45, 2.75) is 0 Å². The number of benzene rings is 1. The molecule has 0 amide bonds. The summed E-state index contributed by atoms with van der Waals surface area (Å²) in [6.07, 6.45) is 4.40. The predicted molar refractivity (Wildman–Crippen MR) is 51.6 cm³/mol. The number of aromatic amines is 1. The molecule has 2 nitrogen and oxygen atoms in total. The molecule has 0 fully saturated rings. The van der Waals surface area contributed by atoms with E-state index in [4.69, 9.17) is 0 Å². The van der Waals surface area contributed by atoms with E-state index in [9.17, 15) is 4.79 Å². The van der Waals surface area contributed by atoms with Crippen LogP contribution in [0, 0.1) is 0 Å². The smallest absolute Gasteiger partial charge is 0.152 e. The van der Waals surface area contributed by atoms with Gasteiger partial charge in [-0.05, 0) is 5.56 Å². The van der Waals surface area contributed by atoms with Crippen molar-refractivity contribution in [1.82, 2.24) is 4.98 Å². The molecule has 1 heterocycles. The first-order chi connectivity index (χ1) is 6.42. The number of carbonyl (C=O) groups is 1. The highest BCUT2D eigenvalue weighted by molar-refractivity contribution is 5.87. The molecule has 0 saturated carbocycles. The summed E-state index contributed by atoms with van der Waals surface area (Å²) >= 11 is 0. The molecule has 0 aliphatic rings. The summed E-state index contributed by atoms with van der Waals surface area (Å²) in [5.74, 6) is 0. The first-order valence-corrected chi connectivity index (χ1v) is 4.09. The molecule has 0 unspecified atom stereocenters. The van der Waals surface area contributed by atoms with E-state index in [1.807, 2.05) is 36.5 Å². The van der Waals surface area contributed by atoms with Gasteiger partial charge in [0.2, 0.25) is 0 Å². The fourth-order valence-electron chi connectivity index (χ4n) is 1.34. The minimum Gasteiger partial charge on any atom is -0.366 e. The Morgan fingerprint density at radius 3 is 2.54 bits per heavy atom. The SMILES string of the molecule is O=Cc1c[nH]cc1-c1ccccc1. The molecule has 0 spiro atoms. The van der Waals surface area contributed by atoms with E-state index in [1.165, 1.54) is 0 Å². The summed E-state index contributed by atoms with van der Waals surface area (Å²) in [5, 5.41) is 0. The van der Waals surface area contributed by atoms with Gasteiger partial charge in [-0.3, -0.25) is 4.79 Å². The van der Waals surface area contributed by atoms with E-state index >= 15 is 0 Å². The molecule has 2 heteroatoms. The maximum Gasteiger partial charge on any atom is 0.152 e. The van der Waals surface area contributed by atoms with Gasteiger partial charge >= 0.3 is 0 Å². The normalized spacial score (nSPS) is 9.85. The van der Waals surface area contributed by atoms with Crippen molar-refractivity contribution >= 4 is 6.29 Å². The Bertz CT molecular complexity index is 403. The Labute approximate surface area is 76.2 Å². The fourth-order valence-corrected chi connectivity index (χ4v) is 1.34. The van der Waals surface area contributed by atoms with Crippen molar-refractivity contribution in [3.8, 4) is 11.1 Å². The Morgan fingerprint density at radius 1 is 1.08 bits per heavy atom. The summed E-state index contributed by atoms with van der Waals surface area (Å²) < 4.78 is 0. The molecule has 0 bridgehead atoms. The zero-order valence-electron chi connectivity index (χ0n) is 7.03. The number of H-pyrrole nitrogens is 1. The van der Waals surface area contributed by atoms with Crippen LogP contribution in [-0.4, -0.2) is 11.3 Å². The van der Waals surface area contributed by atoms with Crippen LogP contribution in [0.15, 0.2) is 42.7 Å². The van der Waals surface area contributed by atoms with Crippen LogP contribution >= 0.6 is 0 Å². The van der Waals surface area contributed by atoms with Crippen molar-refractivity contribution in [3.63, 3.8) is 0 Å². The van der Waals surface area contributed by atoms with E-state index in [1.54, 1.807) is 6.20 Å². The van der Waals surface area contributed by atoms with Gasteiger partial charge in [0.15, 0.2) is 6.29 Å². The maximum absolute atomic E-state index is 10.6. The molecule has 1 aromatic carbocycles. The van der Waals surface area contributed by atoms with Gasteiger partial charge in [0, 0.05) is 23.5 Å². The van der Waals surface area contributed by atoms with E-state index in [0.717, 1.165) is 17.4 Å². The lowest BCUT2D eigenvalue weighted by molar-refractivity contribution is 0.112. The van der Waals surface area contributed by atoms with Gasteiger partial charge in [0.1, 0.15) is 0 Å². The number of hydrogen-bond donors (Lipinski definition) is 1. The molecule has 13 heavy (non-hydrogen) atoms. The van der Waals surface area contributed by atoms with Crippen LogP contribution in [0.25, 0.3) is 11.1 Å². The Morgan fingerprint density at radius 2 is 1.85 bits per heavy atom. The quantitative estimate of drug-likeness (QED) is 0.692. The van der Waals surface area contributed by atoms with Gasteiger partial charge in [0.05, 0.1) is 0 Å². The molecule has 0 radical (unpaired) electrons. The lowest BCUT2D eigenvalue weighted by Crippen LogP contribution is -1.79. The Balaban J connectivity index is 2.52. The number of carbonyl (C=O) groups excluding carboxylic acids is 1. The van der Waals surface area contributed by atoms with Crippen LogP contribution in [0.3, 0.4) is 0 Å². The average Bonchev–Trinajstić information content (AvgIpc) is 2.67. The number of nitrogens with one attached hydrogen (secondary N) is 1. The van der Waals surface area contributed by atoms with Gasteiger partial charge in [-0.2, -0.15) is 0 Å². The summed E-state index contributed by atoms with van der Waals surface area (Å²) in [7, 11) is 0. The Hall–Kier alpha value is -1.83. The fraction of sp³-hybridized carbons (Fsp3) is 0. The third-order valence-electron chi connectivity index (χ3n) is 1.99. The number of aldehydes is 1. The molecule has 0 aliphatic carbocycles. The second-order valence-electron chi connectivity index (χ2n) is 2.81. The Kier molecular flexibility index (Phi) is 1.96. The first kappa shape index (κ1) is 7.80. The van der Waals surface area contributed by atoms with Crippen LogP contribution in [0.2, 0.25) is 0 Å². The molecular weight excluding hydrogens is 162 g/mol. The molecule has 2 rings (SSSR count). The van der Waals surface area contributed by atoms with E-state index < -0.39 is 0 Å². The number of aromatic nitrogens is 1. The van der Waals surface area contributed by atoms with Gasteiger partial charge in [-0.1, -0.05) is 30.3 Å². The highest BCUT2D eigenvalue weighted by atomic mass is 16.1. The topological polar surface area (TPSA) is 32.9 Å². The molecule has 0 atom stereocenters. The standard InChI is InChI=1S/C11H9NO/c13-8-10-6-12-7-11(10)9-4-2-1-3-5-9/h1-8,12H. The lowest BCUT2D eigenvalue weighted by atomic mass is 10.1. The maximum atomic E-state index is 10.6. The van der Waals surface area contributed by atoms with Gasteiger partial charge in [0.25, 0.3) is 0 Å². The molecule has 0 aliphatic heterocycles. The molecular formula is C11H9NO. The van der Waals surface area contributed by atoms with Gasteiger partial charge < -0.3 is 4.98 Å². The third-order valence-corrected chi connectivity index (χ3v) is 1.99. The van der Waals surface area contributed by atoms with Crippen LogP contribution in [0.1, 0.15) is 10.4 Å². The van der Waals surface area contributed by atoms with Crippen LogP contribution in [0.4, 0.5) is 0 Å². The largest absolute Gasteiger partial charge is 0.366 e. The summed E-state index contributed by atoms with van der Waals surface area (Å²) in [6, 6.07) is 9.83. The minimum atomic E-state index is 0.700. The zero-order valence-corrected chi connectivity index (χ0v) is 7.03. The van der Waals surface area contributed by atoms with Gasteiger partial charge in [-0.15, -0.1) is 0 Å². The van der Waals surface area contributed by atoms with E-state index in [-0.39, 0.29) is 0 Å². The third kappa shape index (κ3) is 1.38. The monoisotopic (exact) mass is 171 g/mol. The van der Waals surface area contributed by atoms with Crippen molar-refractivity contribution in [2.24, 2.45) is 0 Å². The van der Waals surface area contributed by atoms with Crippen LogP contribution < -0.4 is 0 Å². The van der Waals surface area contributed by atoms with Crippen molar-refractivity contribution in [1.29, 1.82) is 0 Å². The minimum absolute atomic E-state index is 0.700. The zero-order chi connectivity index (χ0) is 9.10. The number of rotatable bonds is 2.